The summed E-state index contributed by atoms with van der Waals surface area (Å²) in [6.45, 7) is 0. The van der Waals surface area contributed by atoms with Crippen molar-refractivity contribution in [1.29, 1.82) is 5.41 Å². The molecule has 1 unspecified atom stereocenters. The summed E-state index contributed by atoms with van der Waals surface area (Å²) in [6, 6.07) is 12.6. The summed E-state index contributed by atoms with van der Waals surface area (Å²) >= 11 is 0. The van der Waals surface area contributed by atoms with E-state index < -0.39 is 37.5 Å². The quantitative estimate of drug-likeness (QED) is 0.262. The minimum absolute atomic E-state index is 0.0586. The fourth-order valence-electron chi connectivity index (χ4n) is 5.20. The topological polar surface area (TPSA) is 134 Å². The molecule has 42 heavy (non-hydrogen) atoms. The maximum atomic E-state index is 13.2. The van der Waals surface area contributed by atoms with Crippen molar-refractivity contribution in [2.75, 3.05) is 0 Å². The molecule has 220 valence electrons. The first-order valence-electron chi connectivity index (χ1n) is 13.1. The van der Waals surface area contributed by atoms with Crippen LogP contribution in [0.3, 0.4) is 0 Å². The number of nitrogens with zero attached hydrogens (tertiary/aromatic N) is 1. The standard InChI is InChI=1S/C29H26F3N3O5S2/c30-29(31,32)22-9-13-26(34-16-22)25(33)14-18-2-1-3-19(5-4-18)17-41(37,38)23-10-6-20(7-11-23)21-8-12-24-27(15-21)42(39,40)35-28(24)36/h6-13,15-18,33H,1-5,14H2,(H,35,36)/b19-17-,33-25?. The number of amides is 1. The van der Waals surface area contributed by atoms with E-state index in [1.807, 2.05) is 4.72 Å². The van der Waals surface area contributed by atoms with Gasteiger partial charge in [0.15, 0.2) is 9.84 Å². The number of benzene rings is 2. The van der Waals surface area contributed by atoms with Gasteiger partial charge in [0, 0.05) is 11.6 Å². The van der Waals surface area contributed by atoms with E-state index in [2.05, 4.69) is 4.98 Å². The van der Waals surface area contributed by atoms with Crippen LogP contribution in [-0.2, 0) is 26.0 Å². The highest BCUT2D eigenvalue weighted by Crippen LogP contribution is 2.33. The minimum atomic E-state index is -4.49. The number of hydrogen-bond acceptors (Lipinski definition) is 7. The molecule has 1 saturated carbocycles. The highest BCUT2D eigenvalue weighted by molar-refractivity contribution is 7.94. The summed E-state index contributed by atoms with van der Waals surface area (Å²) in [5.74, 6) is -0.610. The summed E-state index contributed by atoms with van der Waals surface area (Å²) in [5.41, 5.74) is 1.40. The lowest BCUT2D eigenvalue weighted by Crippen LogP contribution is -2.20. The van der Waals surface area contributed by atoms with E-state index in [4.69, 9.17) is 5.41 Å². The number of rotatable bonds is 6. The fourth-order valence-corrected chi connectivity index (χ4v) is 7.72. The van der Waals surface area contributed by atoms with E-state index in [-0.39, 0.29) is 32.7 Å². The van der Waals surface area contributed by atoms with Gasteiger partial charge in [-0.1, -0.05) is 23.8 Å². The van der Waals surface area contributed by atoms with Crippen molar-refractivity contribution in [3.8, 4) is 11.1 Å². The number of sulfonamides is 1. The number of halogens is 3. The first-order valence-corrected chi connectivity index (χ1v) is 16.1. The molecule has 2 aromatic carbocycles. The third-order valence-electron chi connectivity index (χ3n) is 7.46. The summed E-state index contributed by atoms with van der Waals surface area (Å²) in [7, 11) is -7.69. The van der Waals surface area contributed by atoms with Gasteiger partial charge in [-0.15, -0.1) is 0 Å². The number of allylic oxidation sites excluding steroid dienone is 1. The van der Waals surface area contributed by atoms with Crippen LogP contribution in [0.5, 0.6) is 0 Å². The van der Waals surface area contributed by atoms with E-state index >= 15 is 0 Å². The largest absolute Gasteiger partial charge is 0.417 e. The zero-order valence-electron chi connectivity index (χ0n) is 22.1. The van der Waals surface area contributed by atoms with E-state index in [0.717, 1.165) is 30.7 Å². The van der Waals surface area contributed by atoms with Gasteiger partial charge in [-0.25, -0.2) is 21.6 Å². The van der Waals surface area contributed by atoms with Gasteiger partial charge in [0.05, 0.1) is 27.4 Å². The van der Waals surface area contributed by atoms with Crippen LogP contribution in [-0.4, -0.2) is 33.4 Å². The molecule has 8 nitrogen and oxygen atoms in total. The monoisotopic (exact) mass is 617 g/mol. The Hall–Kier alpha value is -3.84. The van der Waals surface area contributed by atoms with Crippen LogP contribution in [0.15, 0.2) is 81.6 Å². The van der Waals surface area contributed by atoms with Crippen LogP contribution in [0.25, 0.3) is 11.1 Å². The molecule has 1 atom stereocenters. The molecule has 0 bridgehead atoms. The van der Waals surface area contributed by atoms with Crippen LogP contribution in [0.2, 0.25) is 0 Å². The molecule has 13 heteroatoms. The smallest absolute Gasteiger partial charge is 0.303 e. The Labute approximate surface area is 241 Å². The lowest BCUT2D eigenvalue weighted by molar-refractivity contribution is -0.137. The maximum Gasteiger partial charge on any atom is 0.417 e. The maximum absolute atomic E-state index is 13.2. The van der Waals surface area contributed by atoms with Gasteiger partial charge >= 0.3 is 6.18 Å². The number of alkyl halides is 3. The first-order chi connectivity index (χ1) is 19.7. The average Bonchev–Trinajstić information content (AvgIpc) is 3.05. The number of carbonyl (C=O) groups excluding carboxylic acids is 1. The predicted octanol–water partition coefficient (Wildman–Crippen LogP) is 5.90. The Balaban J connectivity index is 1.24. The van der Waals surface area contributed by atoms with Crippen LogP contribution in [0.1, 0.15) is 60.1 Å². The molecule has 3 aromatic rings. The van der Waals surface area contributed by atoms with Gasteiger partial charge in [-0.3, -0.25) is 9.78 Å². The zero-order valence-corrected chi connectivity index (χ0v) is 23.7. The summed E-state index contributed by atoms with van der Waals surface area (Å²) in [4.78, 5) is 15.6. The molecule has 0 radical (unpaired) electrons. The van der Waals surface area contributed by atoms with Gasteiger partial charge in [-0.05, 0) is 92.0 Å². The van der Waals surface area contributed by atoms with Gasteiger partial charge in [0.25, 0.3) is 15.9 Å². The van der Waals surface area contributed by atoms with Crippen LogP contribution in [0, 0.1) is 11.3 Å². The number of pyridine rings is 1. The van der Waals surface area contributed by atoms with E-state index in [0.29, 0.717) is 36.8 Å². The summed E-state index contributed by atoms with van der Waals surface area (Å²) < 4.78 is 90.9. The molecule has 0 spiro atoms. The molecular weight excluding hydrogens is 591 g/mol. The third-order valence-corrected chi connectivity index (χ3v) is 10.4. The molecule has 1 aliphatic carbocycles. The highest BCUT2D eigenvalue weighted by Gasteiger charge is 2.33. The van der Waals surface area contributed by atoms with Gasteiger partial charge in [-0.2, -0.15) is 13.2 Å². The molecule has 2 heterocycles. The number of sulfone groups is 1. The second-order valence-electron chi connectivity index (χ2n) is 10.4. The number of hydrogen-bond donors (Lipinski definition) is 2. The molecular formula is C29H26F3N3O5S2. The number of nitrogens with one attached hydrogen (secondary N) is 2. The average molecular weight is 618 g/mol. The first kappa shape index (κ1) is 29.6. The van der Waals surface area contributed by atoms with E-state index in [1.54, 1.807) is 18.2 Å². The molecule has 1 aromatic heterocycles. The van der Waals surface area contributed by atoms with E-state index in [1.165, 1.54) is 35.7 Å². The van der Waals surface area contributed by atoms with Crippen molar-refractivity contribution in [2.24, 2.45) is 5.92 Å². The van der Waals surface area contributed by atoms with E-state index in [9.17, 15) is 34.8 Å². The molecule has 5 rings (SSSR count). The zero-order chi connectivity index (χ0) is 30.3. The highest BCUT2D eigenvalue weighted by atomic mass is 32.2. The number of fused-ring (bicyclic) bond motifs is 1. The van der Waals surface area contributed by atoms with Crippen molar-refractivity contribution in [1.82, 2.24) is 9.71 Å². The Morgan fingerprint density at radius 1 is 1.02 bits per heavy atom. The molecule has 2 aliphatic rings. The second kappa shape index (κ2) is 11.1. The van der Waals surface area contributed by atoms with Gasteiger partial charge in [0.1, 0.15) is 4.90 Å². The molecule has 1 aliphatic heterocycles. The SMILES string of the molecule is N=C(CC1CCC/C(=C/S(=O)(=O)c2ccc(-c3ccc4c(c3)S(=O)(=O)NC4=O)cc2)CC1)c1ccc(C(F)(F)F)cn1. The lowest BCUT2D eigenvalue weighted by Gasteiger charge is -2.14. The van der Waals surface area contributed by atoms with Crippen molar-refractivity contribution in [3.05, 3.63) is 88.6 Å². The van der Waals surface area contributed by atoms with Gasteiger partial charge < -0.3 is 5.41 Å². The predicted molar refractivity (Wildman–Crippen MR) is 149 cm³/mol. The molecule has 2 N–H and O–H groups in total. The molecule has 0 saturated heterocycles. The van der Waals surface area contributed by atoms with Crippen molar-refractivity contribution in [2.45, 2.75) is 54.5 Å². The minimum Gasteiger partial charge on any atom is -0.303 e. The van der Waals surface area contributed by atoms with Crippen LogP contribution in [0.4, 0.5) is 13.2 Å². The number of aromatic nitrogens is 1. The summed E-state index contributed by atoms with van der Waals surface area (Å²) in [6.07, 6.45) is -0.207. The normalized spacial score (nSPS) is 19.6. The Morgan fingerprint density at radius 3 is 2.40 bits per heavy atom. The van der Waals surface area contributed by atoms with Crippen LogP contribution < -0.4 is 4.72 Å². The Morgan fingerprint density at radius 2 is 1.74 bits per heavy atom. The molecule has 1 fully saturated rings. The lowest BCUT2D eigenvalue weighted by atomic mass is 9.93. The van der Waals surface area contributed by atoms with Gasteiger partial charge in [0.2, 0.25) is 0 Å². The van der Waals surface area contributed by atoms with Crippen molar-refractivity contribution in [3.63, 3.8) is 0 Å². The third kappa shape index (κ3) is 6.31. The second-order valence-corrected chi connectivity index (χ2v) is 13.8. The summed E-state index contributed by atoms with van der Waals surface area (Å²) in [5, 5.41) is 9.60. The molecule has 1 amide bonds. The Kier molecular flexibility index (Phi) is 7.84. The van der Waals surface area contributed by atoms with Crippen molar-refractivity contribution < 1.29 is 34.8 Å². The Bertz CT molecular complexity index is 1800. The van der Waals surface area contributed by atoms with Crippen LogP contribution >= 0.6 is 0 Å². The van der Waals surface area contributed by atoms with Crippen molar-refractivity contribution >= 4 is 31.5 Å². The number of carbonyl (C=O) groups is 1. The fraction of sp³-hybridized carbons (Fsp3) is 0.276.